The molecule has 102 valence electrons. The maximum absolute atomic E-state index is 5.85. The van der Waals surface area contributed by atoms with E-state index in [0.29, 0.717) is 6.73 Å². The molecule has 0 saturated heterocycles. The normalized spacial score (nSPS) is 16.9. The molecule has 1 aromatic carbocycles. The first-order chi connectivity index (χ1) is 9.22. The van der Waals surface area contributed by atoms with Crippen molar-refractivity contribution in [2.24, 2.45) is 11.7 Å². The summed E-state index contributed by atoms with van der Waals surface area (Å²) in [6, 6.07) is 8.94. The Kier molecular flexibility index (Phi) is 3.58. The van der Waals surface area contributed by atoms with Gasteiger partial charge >= 0.3 is 0 Å². The van der Waals surface area contributed by atoms with Crippen LogP contribution < -0.4 is 5.73 Å². The van der Waals surface area contributed by atoms with Crippen LogP contribution in [0.5, 0.6) is 0 Å². The van der Waals surface area contributed by atoms with E-state index < -0.39 is 0 Å². The maximum atomic E-state index is 5.85. The van der Waals surface area contributed by atoms with E-state index in [1.807, 2.05) is 6.92 Å². The van der Waals surface area contributed by atoms with Gasteiger partial charge in [0.2, 0.25) is 0 Å². The van der Waals surface area contributed by atoms with Crippen molar-refractivity contribution in [1.29, 1.82) is 0 Å². The lowest BCUT2D eigenvalue weighted by molar-refractivity contribution is 0.0718. The van der Waals surface area contributed by atoms with Gasteiger partial charge in [0.1, 0.15) is 6.73 Å². The predicted molar refractivity (Wildman–Crippen MR) is 78.0 cm³/mol. The van der Waals surface area contributed by atoms with Crippen LogP contribution in [0, 0.1) is 5.92 Å². The Morgan fingerprint density at radius 3 is 2.95 bits per heavy atom. The number of benzene rings is 1. The lowest BCUT2D eigenvalue weighted by Gasteiger charge is -2.08. The zero-order valence-electron chi connectivity index (χ0n) is 11.5. The summed E-state index contributed by atoms with van der Waals surface area (Å²) in [5.74, 6) is 0.819. The van der Waals surface area contributed by atoms with Crippen molar-refractivity contribution in [3.05, 3.63) is 36.0 Å². The van der Waals surface area contributed by atoms with Gasteiger partial charge in [-0.25, -0.2) is 0 Å². The van der Waals surface area contributed by atoms with E-state index in [9.17, 15) is 0 Å². The lowest BCUT2D eigenvalue weighted by Crippen LogP contribution is -2.17. The molecule has 3 rings (SSSR count). The molecule has 2 aromatic rings. The first kappa shape index (κ1) is 12.7. The monoisotopic (exact) mass is 258 g/mol. The summed E-state index contributed by atoms with van der Waals surface area (Å²) in [6.45, 7) is 3.61. The summed E-state index contributed by atoms with van der Waals surface area (Å²) in [7, 11) is 0. The second-order valence-corrected chi connectivity index (χ2v) is 5.80. The summed E-state index contributed by atoms with van der Waals surface area (Å²) < 4.78 is 7.92. The molecule has 1 aliphatic rings. The minimum absolute atomic E-state index is 0.210. The Morgan fingerprint density at radius 2 is 2.21 bits per heavy atom. The number of aromatic nitrogens is 1. The lowest BCUT2D eigenvalue weighted by atomic mass is 10.1. The van der Waals surface area contributed by atoms with Crippen molar-refractivity contribution in [2.45, 2.75) is 39.0 Å². The van der Waals surface area contributed by atoms with Gasteiger partial charge in [0.15, 0.2) is 0 Å². The molecule has 3 heteroatoms. The third-order valence-electron chi connectivity index (χ3n) is 3.67. The van der Waals surface area contributed by atoms with Crippen LogP contribution in [-0.4, -0.2) is 17.2 Å². The molecule has 0 aliphatic heterocycles. The number of nitrogens with two attached hydrogens (primary N) is 1. The number of nitrogens with zero attached hydrogens (tertiary/aromatic N) is 1. The zero-order chi connectivity index (χ0) is 13.2. The molecule has 1 heterocycles. The molecule has 0 spiro atoms. The maximum Gasteiger partial charge on any atom is 0.122 e. The minimum atomic E-state index is 0.210. The molecular weight excluding hydrogens is 236 g/mol. The molecule has 19 heavy (non-hydrogen) atoms. The van der Waals surface area contributed by atoms with Gasteiger partial charge in [0.25, 0.3) is 0 Å². The van der Waals surface area contributed by atoms with Gasteiger partial charge in [0.05, 0.1) is 6.61 Å². The van der Waals surface area contributed by atoms with Gasteiger partial charge in [-0.05, 0) is 61.3 Å². The van der Waals surface area contributed by atoms with Gasteiger partial charge < -0.3 is 15.0 Å². The molecule has 1 atom stereocenters. The van der Waals surface area contributed by atoms with E-state index in [4.69, 9.17) is 10.5 Å². The first-order valence-corrected chi connectivity index (χ1v) is 7.13. The number of fused-ring (bicyclic) bond motifs is 1. The Labute approximate surface area is 114 Å². The van der Waals surface area contributed by atoms with Crippen LogP contribution in [0.15, 0.2) is 30.5 Å². The van der Waals surface area contributed by atoms with Gasteiger partial charge in [-0.1, -0.05) is 6.07 Å². The van der Waals surface area contributed by atoms with Crippen LogP contribution in [0.4, 0.5) is 0 Å². The van der Waals surface area contributed by atoms with Crippen LogP contribution in [0.25, 0.3) is 10.9 Å². The summed E-state index contributed by atoms with van der Waals surface area (Å²) in [4.78, 5) is 0. The van der Waals surface area contributed by atoms with Gasteiger partial charge in [0, 0.05) is 17.8 Å². The molecule has 1 aromatic heterocycles. The minimum Gasteiger partial charge on any atom is -0.360 e. The quantitative estimate of drug-likeness (QED) is 0.865. The van der Waals surface area contributed by atoms with Crippen molar-refractivity contribution in [3.63, 3.8) is 0 Å². The SMILES string of the molecule is CC(N)Cc1ccc2c(ccn2COCC2CC2)c1. The Morgan fingerprint density at radius 1 is 1.37 bits per heavy atom. The van der Waals surface area contributed by atoms with Gasteiger partial charge in [-0.3, -0.25) is 0 Å². The smallest absolute Gasteiger partial charge is 0.122 e. The van der Waals surface area contributed by atoms with Crippen molar-refractivity contribution in [1.82, 2.24) is 4.57 Å². The molecule has 2 N–H and O–H groups in total. The second-order valence-electron chi connectivity index (χ2n) is 5.80. The number of rotatable bonds is 6. The summed E-state index contributed by atoms with van der Waals surface area (Å²) in [5, 5.41) is 1.27. The molecule has 1 aliphatic carbocycles. The number of hydrogen-bond donors (Lipinski definition) is 1. The summed E-state index contributed by atoms with van der Waals surface area (Å²) in [5.41, 5.74) is 8.39. The number of ether oxygens (including phenoxy) is 1. The topological polar surface area (TPSA) is 40.2 Å². The average molecular weight is 258 g/mol. The predicted octanol–water partition coefficient (Wildman–Crippen LogP) is 2.92. The van der Waals surface area contributed by atoms with E-state index in [2.05, 4.69) is 35.0 Å². The van der Waals surface area contributed by atoms with Crippen LogP contribution in [0.3, 0.4) is 0 Å². The van der Waals surface area contributed by atoms with Crippen LogP contribution in [0.2, 0.25) is 0 Å². The van der Waals surface area contributed by atoms with Gasteiger partial charge in [-0.15, -0.1) is 0 Å². The summed E-state index contributed by atoms with van der Waals surface area (Å²) in [6.07, 6.45) is 5.71. The van der Waals surface area contributed by atoms with Crippen molar-refractivity contribution in [3.8, 4) is 0 Å². The highest BCUT2D eigenvalue weighted by molar-refractivity contribution is 5.80. The van der Waals surface area contributed by atoms with Crippen LogP contribution >= 0.6 is 0 Å². The van der Waals surface area contributed by atoms with E-state index in [1.165, 1.54) is 29.3 Å². The van der Waals surface area contributed by atoms with E-state index in [0.717, 1.165) is 18.9 Å². The summed E-state index contributed by atoms with van der Waals surface area (Å²) >= 11 is 0. The molecule has 1 saturated carbocycles. The average Bonchev–Trinajstić information content (AvgIpc) is 3.10. The third-order valence-corrected chi connectivity index (χ3v) is 3.67. The molecular formula is C16H22N2O. The fourth-order valence-electron chi connectivity index (χ4n) is 2.46. The fourth-order valence-corrected chi connectivity index (χ4v) is 2.46. The highest BCUT2D eigenvalue weighted by Crippen LogP contribution is 2.29. The largest absolute Gasteiger partial charge is 0.360 e. The number of hydrogen-bond acceptors (Lipinski definition) is 2. The zero-order valence-corrected chi connectivity index (χ0v) is 11.5. The molecule has 0 bridgehead atoms. The van der Waals surface area contributed by atoms with E-state index in [-0.39, 0.29) is 6.04 Å². The van der Waals surface area contributed by atoms with Crippen molar-refractivity contribution in [2.75, 3.05) is 6.61 Å². The first-order valence-electron chi connectivity index (χ1n) is 7.13. The molecule has 3 nitrogen and oxygen atoms in total. The van der Waals surface area contributed by atoms with Crippen molar-refractivity contribution >= 4 is 10.9 Å². The highest BCUT2D eigenvalue weighted by atomic mass is 16.5. The second kappa shape index (κ2) is 5.35. The van der Waals surface area contributed by atoms with Gasteiger partial charge in [-0.2, -0.15) is 0 Å². The van der Waals surface area contributed by atoms with E-state index >= 15 is 0 Å². The molecule has 1 unspecified atom stereocenters. The Hall–Kier alpha value is -1.32. The standard InChI is InChI=1S/C16H22N2O/c1-12(17)8-14-4-5-16-15(9-14)6-7-18(16)11-19-10-13-2-3-13/h4-7,9,12-13H,2-3,8,10-11,17H2,1H3. The molecule has 0 amide bonds. The highest BCUT2D eigenvalue weighted by Gasteiger charge is 2.21. The molecule has 0 radical (unpaired) electrons. The molecule has 1 fully saturated rings. The van der Waals surface area contributed by atoms with Crippen molar-refractivity contribution < 1.29 is 4.74 Å². The van der Waals surface area contributed by atoms with E-state index in [1.54, 1.807) is 0 Å². The Balaban J connectivity index is 1.70. The van der Waals surface area contributed by atoms with Crippen LogP contribution in [0.1, 0.15) is 25.3 Å². The van der Waals surface area contributed by atoms with Crippen LogP contribution in [-0.2, 0) is 17.9 Å². The third kappa shape index (κ3) is 3.17. The Bertz CT molecular complexity index is 555. The fraction of sp³-hybridized carbons (Fsp3) is 0.500.